The highest BCUT2D eigenvalue weighted by Gasteiger charge is 2.33. The van der Waals surface area contributed by atoms with Crippen LogP contribution in [0.3, 0.4) is 0 Å². The lowest BCUT2D eigenvalue weighted by Gasteiger charge is -2.37. The molecular weight excluding hydrogens is 206 g/mol. The number of likely N-dealkylation sites (tertiary alicyclic amines) is 1. The minimum Gasteiger partial charge on any atom is -0.396 e. The molecule has 0 radical (unpaired) electrons. The second-order valence-electron chi connectivity index (χ2n) is 4.96. The van der Waals surface area contributed by atoms with Gasteiger partial charge in [-0.1, -0.05) is 12.8 Å². The van der Waals surface area contributed by atoms with E-state index in [9.17, 15) is 5.11 Å². The second kappa shape index (κ2) is 5.55. The largest absolute Gasteiger partial charge is 0.396 e. The average Bonchev–Trinajstić information content (AvgIpc) is 2.77. The highest BCUT2D eigenvalue weighted by Crippen LogP contribution is 2.33. The Hall–Kier alpha value is 0.270. The third-order valence-electron chi connectivity index (χ3n) is 4.01. The SMILES string of the molecule is CSC1CCCCC1N1CCC(CO)C1. The summed E-state index contributed by atoms with van der Waals surface area (Å²) in [4.78, 5) is 2.64. The van der Waals surface area contributed by atoms with E-state index in [1.54, 1.807) is 0 Å². The summed E-state index contributed by atoms with van der Waals surface area (Å²) in [5.41, 5.74) is 0. The van der Waals surface area contributed by atoms with E-state index < -0.39 is 0 Å². The highest BCUT2D eigenvalue weighted by molar-refractivity contribution is 7.99. The van der Waals surface area contributed by atoms with E-state index in [2.05, 4.69) is 11.2 Å². The highest BCUT2D eigenvalue weighted by atomic mass is 32.2. The zero-order valence-electron chi connectivity index (χ0n) is 9.69. The van der Waals surface area contributed by atoms with E-state index >= 15 is 0 Å². The minimum absolute atomic E-state index is 0.382. The van der Waals surface area contributed by atoms with Gasteiger partial charge in [-0.25, -0.2) is 0 Å². The maximum Gasteiger partial charge on any atom is 0.0471 e. The molecule has 88 valence electrons. The van der Waals surface area contributed by atoms with Crippen LogP contribution in [0.25, 0.3) is 0 Å². The van der Waals surface area contributed by atoms with Crippen molar-refractivity contribution >= 4 is 11.8 Å². The first-order chi connectivity index (χ1) is 7.35. The lowest BCUT2D eigenvalue weighted by Crippen LogP contribution is -2.43. The van der Waals surface area contributed by atoms with Crippen molar-refractivity contribution in [2.45, 2.75) is 43.4 Å². The first-order valence-electron chi connectivity index (χ1n) is 6.23. The molecule has 0 aromatic carbocycles. The Kier molecular flexibility index (Phi) is 4.35. The van der Waals surface area contributed by atoms with Crippen LogP contribution in [-0.2, 0) is 0 Å². The van der Waals surface area contributed by atoms with Crippen LogP contribution in [0.5, 0.6) is 0 Å². The summed E-state index contributed by atoms with van der Waals surface area (Å²) in [6.07, 6.45) is 9.05. The smallest absolute Gasteiger partial charge is 0.0471 e. The van der Waals surface area contributed by atoms with Crippen molar-refractivity contribution < 1.29 is 5.11 Å². The van der Waals surface area contributed by atoms with Crippen LogP contribution in [0.15, 0.2) is 0 Å². The maximum atomic E-state index is 9.17. The number of hydrogen-bond acceptors (Lipinski definition) is 3. The van der Waals surface area contributed by atoms with Crippen molar-refractivity contribution in [1.29, 1.82) is 0 Å². The lowest BCUT2D eigenvalue weighted by atomic mass is 9.94. The van der Waals surface area contributed by atoms with Gasteiger partial charge in [-0.05, 0) is 38.0 Å². The minimum atomic E-state index is 0.382. The molecule has 2 aliphatic rings. The van der Waals surface area contributed by atoms with Crippen molar-refractivity contribution in [2.75, 3.05) is 26.0 Å². The van der Waals surface area contributed by atoms with Gasteiger partial charge < -0.3 is 5.11 Å². The Morgan fingerprint density at radius 2 is 2.07 bits per heavy atom. The molecule has 0 spiro atoms. The predicted octanol–water partition coefficient (Wildman–Crippen LogP) is 1.97. The number of hydrogen-bond donors (Lipinski definition) is 1. The van der Waals surface area contributed by atoms with Crippen molar-refractivity contribution in [2.24, 2.45) is 5.92 Å². The van der Waals surface area contributed by atoms with Crippen molar-refractivity contribution in [3.8, 4) is 0 Å². The van der Waals surface area contributed by atoms with Gasteiger partial charge in [-0.15, -0.1) is 0 Å². The summed E-state index contributed by atoms with van der Waals surface area (Å²) in [7, 11) is 0. The molecule has 1 aliphatic heterocycles. The van der Waals surface area contributed by atoms with Gasteiger partial charge in [0.2, 0.25) is 0 Å². The first kappa shape index (κ1) is 11.7. The van der Waals surface area contributed by atoms with Gasteiger partial charge in [-0.2, -0.15) is 11.8 Å². The molecule has 1 heterocycles. The zero-order valence-corrected chi connectivity index (χ0v) is 10.5. The van der Waals surface area contributed by atoms with E-state index in [1.807, 2.05) is 11.8 Å². The summed E-state index contributed by atoms with van der Waals surface area (Å²) < 4.78 is 0. The molecule has 1 saturated heterocycles. The molecule has 3 heteroatoms. The van der Waals surface area contributed by atoms with Gasteiger partial charge in [0.05, 0.1) is 0 Å². The molecule has 1 aliphatic carbocycles. The Morgan fingerprint density at radius 3 is 2.73 bits per heavy atom. The van der Waals surface area contributed by atoms with E-state index in [0.717, 1.165) is 17.8 Å². The topological polar surface area (TPSA) is 23.5 Å². The molecule has 0 bridgehead atoms. The molecule has 3 atom stereocenters. The molecule has 1 saturated carbocycles. The Morgan fingerprint density at radius 1 is 1.27 bits per heavy atom. The lowest BCUT2D eigenvalue weighted by molar-refractivity contribution is 0.174. The first-order valence-corrected chi connectivity index (χ1v) is 7.51. The average molecular weight is 229 g/mol. The van der Waals surface area contributed by atoms with E-state index in [0.29, 0.717) is 12.5 Å². The van der Waals surface area contributed by atoms with E-state index in [4.69, 9.17) is 0 Å². The van der Waals surface area contributed by atoms with Crippen molar-refractivity contribution in [1.82, 2.24) is 4.90 Å². The molecule has 3 unspecified atom stereocenters. The summed E-state index contributed by atoms with van der Waals surface area (Å²) in [5, 5.41) is 10.0. The summed E-state index contributed by atoms with van der Waals surface area (Å²) in [5.74, 6) is 0.550. The quantitative estimate of drug-likeness (QED) is 0.800. The second-order valence-corrected chi connectivity index (χ2v) is 6.04. The zero-order chi connectivity index (χ0) is 10.7. The van der Waals surface area contributed by atoms with Crippen LogP contribution >= 0.6 is 11.8 Å². The molecule has 2 rings (SSSR count). The standard InChI is InChI=1S/C12H23NOS/c1-15-12-5-3-2-4-11(12)13-7-6-10(8-13)9-14/h10-12,14H,2-9H2,1H3. The Balaban J connectivity index is 1.90. The Labute approximate surface area is 97.4 Å². The van der Waals surface area contributed by atoms with E-state index in [1.165, 1.54) is 38.6 Å². The molecular formula is C12H23NOS. The third-order valence-corrected chi connectivity index (χ3v) is 5.17. The van der Waals surface area contributed by atoms with Crippen molar-refractivity contribution in [3.63, 3.8) is 0 Å². The molecule has 1 N–H and O–H groups in total. The van der Waals surface area contributed by atoms with E-state index in [-0.39, 0.29) is 0 Å². The molecule has 0 aromatic heterocycles. The van der Waals surface area contributed by atoms with Crippen LogP contribution in [0.2, 0.25) is 0 Å². The van der Waals surface area contributed by atoms with Gasteiger partial charge >= 0.3 is 0 Å². The normalized spacial score (nSPS) is 38.4. The fourth-order valence-electron chi connectivity index (χ4n) is 3.08. The number of aliphatic hydroxyl groups excluding tert-OH is 1. The van der Waals surface area contributed by atoms with Crippen LogP contribution in [0, 0.1) is 5.92 Å². The number of nitrogens with zero attached hydrogens (tertiary/aromatic N) is 1. The fourth-order valence-corrected chi connectivity index (χ4v) is 4.11. The van der Waals surface area contributed by atoms with Crippen LogP contribution < -0.4 is 0 Å². The van der Waals surface area contributed by atoms with Crippen molar-refractivity contribution in [3.05, 3.63) is 0 Å². The van der Waals surface area contributed by atoms with Crippen LogP contribution in [-0.4, -0.2) is 47.3 Å². The Bertz CT molecular complexity index is 200. The summed E-state index contributed by atoms with van der Waals surface area (Å²) >= 11 is 2.05. The van der Waals surface area contributed by atoms with Gasteiger partial charge in [0, 0.05) is 24.4 Å². The third kappa shape index (κ3) is 2.69. The fraction of sp³-hybridized carbons (Fsp3) is 1.00. The molecule has 2 nitrogen and oxygen atoms in total. The van der Waals surface area contributed by atoms with Crippen LogP contribution in [0.4, 0.5) is 0 Å². The number of aliphatic hydroxyl groups is 1. The number of thioether (sulfide) groups is 1. The monoisotopic (exact) mass is 229 g/mol. The van der Waals surface area contributed by atoms with Gasteiger partial charge in [0.1, 0.15) is 0 Å². The van der Waals surface area contributed by atoms with Gasteiger partial charge in [0.25, 0.3) is 0 Å². The number of rotatable bonds is 3. The molecule has 2 fully saturated rings. The predicted molar refractivity (Wildman–Crippen MR) is 66.3 cm³/mol. The van der Waals surface area contributed by atoms with Gasteiger partial charge in [0.15, 0.2) is 0 Å². The molecule has 0 amide bonds. The maximum absolute atomic E-state index is 9.17. The summed E-state index contributed by atoms with van der Waals surface area (Å²) in [6, 6.07) is 0.797. The molecule has 15 heavy (non-hydrogen) atoms. The van der Waals surface area contributed by atoms with Gasteiger partial charge in [-0.3, -0.25) is 4.90 Å². The summed E-state index contributed by atoms with van der Waals surface area (Å²) in [6.45, 7) is 2.73. The van der Waals surface area contributed by atoms with Crippen LogP contribution in [0.1, 0.15) is 32.1 Å². The molecule has 0 aromatic rings.